The molecule has 0 saturated heterocycles. The van der Waals surface area contributed by atoms with Gasteiger partial charge in [0, 0.05) is 29.8 Å². The molecule has 1 aromatic carbocycles. The van der Waals surface area contributed by atoms with Gasteiger partial charge in [0.2, 0.25) is 5.91 Å². The maximum absolute atomic E-state index is 12.3. The maximum Gasteiger partial charge on any atom is 0.221 e. The van der Waals surface area contributed by atoms with Crippen LogP contribution < -0.4 is 5.32 Å². The Kier molecular flexibility index (Phi) is 5.98. The zero-order valence-electron chi connectivity index (χ0n) is 14.8. The number of nitrogens with one attached hydrogen (secondary N) is 1. The number of sulfone groups is 1. The molecule has 0 aliphatic carbocycles. The minimum absolute atomic E-state index is 0.0845. The number of hydrogen-bond donors (Lipinski definition) is 1. The summed E-state index contributed by atoms with van der Waals surface area (Å²) in [6.07, 6.45) is 3.31. The molecule has 27 heavy (non-hydrogen) atoms. The Balaban J connectivity index is 1.51. The van der Waals surface area contributed by atoms with Crippen LogP contribution in [0.1, 0.15) is 17.0 Å². The first-order valence-electron chi connectivity index (χ1n) is 8.35. The number of hydrogen-bond acceptors (Lipinski definition) is 6. The first-order valence-corrected chi connectivity index (χ1v) is 10.9. The average molecular weight is 402 g/mol. The Hall–Kier alpha value is -2.58. The van der Waals surface area contributed by atoms with E-state index >= 15 is 0 Å². The molecule has 6 nitrogen and oxygen atoms in total. The van der Waals surface area contributed by atoms with Gasteiger partial charge in [0.1, 0.15) is 5.01 Å². The van der Waals surface area contributed by atoms with Crippen LogP contribution in [0.2, 0.25) is 0 Å². The highest BCUT2D eigenvalue weighted by Gasteiger charge is 2.16. The van der Waals surface area contributed by atoms with Crippen molar-refractivity contribution in [2.45, 2.75) is 24.8 Å². The minimum atomic E-state index is -3.47. The lowest BCUT2D eigenvalue weighted by atomic mass is 10.2. The molecule has 3 aromatic rings. The number of nitrogens with zero attached hydrogens (tertiary/aromatic N) is 2. The first-order chi connectivity index (χ1) is 12.9. The van der Waals surface area contributed by atoms with Gasteiger partial charge in [-0.3, -0.25) is 9.78 Å². The number of amides is 1. The molecular weight excluding hydrogens is 382 g/mol. The van der Waals surface area contributed by atoms with Crippen LogP contribution in [0, 0.1) is 6.92 Å². The largest absolute Gasteiger partial charge is 0.350 e. The summed E-state index contributed by atoms with van der Waals surface area (Å²) in [5.74, 6) is -0.534. The van der Waals surface area contributed by atoms with Gasteiger partial charge < -0.3 is 5.32 Å². The predicted octanol–water partition coefficient (Wildman–Crippen LogP) is 2.99. The van der Waals surface area contributed by atoms with Crippen molar-refractivity contribution < 1.29 is 13.2 Å². The molecule has 2 heterocycles. The second kappa shape index (κ2) is 8.41. The monoisotopic (exact) mass is 401 g/mol. The number of pyridine rings is 1. The maximum atomic E-state index is 12.3. The Morgan fingerprint density at radius 3 is 2.52 bits per heavy atom. The highest BCUT2D eigenvalue weighted by Crippen LogP contribution is 2.21. The lowest BCUT2D eigenvalue weighted by molar-refractivity contribution is -0.120. The van der Waals surface area contributed by atoms with Crippen LogP contribution >= 0.6 is 11.3 Å². The van der Waals surface area contributed by atoms with E-state index in [0.29, 0.717) is 0 Å². The van der Waals surface area contributed by atoms with Gasteiger partial charge in [-0.15, -0.1) is 11.3 Å². The molecular formula is C19H19N3O3S2. The Morgan fingerprint density at radius 2 is 1.81 bits per heavy atom. The standard InChI is InChI=1S/C19H19N3O3S2/c1-14-2-4-16(5-3-14)27(24,25)11-8-18(23)21-12-19-22-17(13-26-19)15-6-9-20-10-7-15/h2-7,9-10,13H,8,11-12H2,1H3,(H,21,23). The van der Waals surface area contributed by atoms with Crippen LogP contribution in [0.25, 0.3) is 11.3 Å². The van der Waals surface area contributed by atoms with Gasteiger partial charge in [0.05, 0.1) is 22.9 Å². The van der Waals surface area contributed by atoms with E-state index in [1.807, 2.05) is 24.4 Å². The van der Waals surface area contributed by atoms with E-state index in [2.05, 4.69) is 15.3 Å². The van der Waals surface area contributed by atoms with Crippen LogP contribution in [0.3, 0.4) is 0 Å². The van der Waals surface area contributed by atoms with Crippen molar-refractivity contribution in [1.29, 1.82) is 0 Å². The van der Waals surface area contributed by atoms with Gasteiger partial charge in [0.15, 0.2) is 9.84 Å². The zero-order valence-corrected chi connectivity index (χ0v) is 16.4. The van der Waals surface area contributed by atoms with Gasteiger partial charge in [-0.05, 0) is 31.2 Å². The lowest BCUT2D eigenvalue weighted by Gasteiger charge is -2.06. The summed E-state index contributed by atoms with van der Waals surface area (Å²) < 4.78 is 24.6. The molecule has 2 aromatic heterocycles. The number of thiazole rings is 1. The number of aryl methyl sites for hydroxylation is 1. The molecule has 3 rings (SSSR count). The van der Waals surface area contributed by atoms with Gasteiger partial charge in [-0.1, -0.05) is 17.7 Å². The van der Waals surface area contributed by atoms with Gasteiger partial charge >= 0.3 is 0 Å². The van der Waals surface area contributed by atoms with Crippen LogP contribution in [0.15, 0.2) is 59.1 Å². The minimum Gasteiger partial charge on any atom is -0.350 e. The van der Waals surface area contributed by atoms with Crippen molar-refractivity contribution in [3.05, 3.63) is 64.7 Å². The van der Waals surface area contributed by atoms with Crippen molar-refractivity contribution in [3.63, 3.8) is 0 Å². The Bertz CT molecular complexity index is 1010. The fraction of sp³-hybridized carbons (Fsp3) is 0.211. The second-order valence-electron chi connectivity index (χ2n) is 6.02. The average Bonchev–Trinajstić information content (AvgIpc) is 3.15. The first kappa shape index (κ1) is 19.2. The van der Waals surface area contributed by atoms with Crippen molar-refractivity contribution in [2.75, 3.05) is 5.75 Å². The molecule has 0 atom stereocenters. The summed E-state index contributed by atoms with van der Waals surface area (Å²) in [4.78, 5) is 20.7. The van der Waals surface area contributed by atoms with E-state index in [1.165, 1.54) is 11.3 Å². The molecule has 0 radical (unpaired) electrons. The molecule has 8 heteroatoms. The van der Waals surface area contributed by atoms with Gasteiger partial charge in [-0.25, -0.2) is 13.4 Å². The number of carbonyl (C=O) groups excluding carboxylic acids is 1. The molecule has 0 aliphatic rings. The third-order valence-corrected chi connectivity index (χ3v) is 6.52. The molecule has 140 valence electrons. The fourth-order valence-electron chi connectivity index (χ4n) is 2.40. The molecule has 0 fully saturated rings. The molecule has 0 aliphatic heterocycles. The SMILES string of the molecule is Cc1ccc(S(=O)(=O)CCC(=O)NCc2nc(-c3ccncc3)cs2)cc1. The van der Waals surface area contributed by atoms with Crippen LogP contribution in [-0.4, -0.2) is 30.0 Å². The molecule has 0 spiro atoms. The van der Waals surface area contributed by atoms with E-state index in [9.17, 15) is 13.2 Å². The number of aromatic nitrogens is 2. The van der Waals surface area contributed by atoms with Crippen molar-refractivity contribution in [1.82, 2.24) is 15.3 Å². The fourth-order valence-corrected chi connectivity index (χ4v) is 4.38. The summed E-state index contributed by atoms with van der Waals surface area (Å²) in [6, 6.07) is 10.4. The normalized spacial score (nSPS) is 11.3. The summed E-state index contributed by atoms with van der Waals surface area (Å²) >= 11 is 1.44. The van der Waals surface area contributed by atoms with Crippen molar-refractivity contribution in [2.24, 2.45) is 0 Å². The smallest absolute Gasteiger partial charge is 0.221 e. The predicted molar refractivity (Wildman–Crippen MR) is 105 cm³/mol. The number of carbonyl (C=O) groups is 1. The number of rotatable bonds is 7. The second-order valence-corrected chi connectivity index (χ2v) is 9.07. The summed E-state index contributed by atoms with van der Waals surface area (Å²) in [7, 11) is -3.47. The molecule has 1 N–H and O–H groups in total. The van der Waals surface area contributed by atoms with Crippen LogP contribution in [0.4, 0.5) is 0 Å². The molecule has 0 unspecified atom stereocenters. The lowest BCUT2D eigenvalue weighted by Crippen LogP contribution is -2.25. The topological polar surface area (TPSA) is 89.0 Å². The summed E-state index contributed by atoms with van der Waals surface area (Å²) in [5.41, 5.74) is 2.78. The van der Waals surface area contributed by atoms with Gasteiger partial charge in [0.25, 0.3) is 0 Å². The van der Waals surface area contributed by atoms with E-state index in [-0.39, 0.29) is 29.5 Å². The van der Waals surface area contributed by atoms with Gasteiger partial charge in [-0.2, -0.15) is 0 Å². The van der Waals surface area contributed by atoms with E-state index in [1.54, 1.807) is 36.7 Å². The Morgan fingerprint density at radius 1 is 1.11 bits per heavy atom. The van der Waals surface area contributed by atoms with Crippen LogP contribution in [0.5, 0.6) is 0 Å². The highest BCUT2D eigenvalue weighted by atomic mass is 32.2. The molecule has 0 bridgehead atoms. The zero-order chi connectivity index (χ0) is 19.3. The third kappa shape index (κ3) is 5.21. The van der Waals surface area contributed by atoms with E-state index < -0.39 is 9.84 Å². The van der Waals surface area contributed by atoms with Crippen molar-refractivity contribution in [3.8, 4) is 11.3 Å². The summed E-state index contributed by atoms with van der Waals surface area (Å²) in [6.45, 7) is 2.17. The molecule has 0 saturated carbocycles. The highest BCUT2D eigenvalue weighted by molar-refractivity contribution is 7.91. The summed E-state index contributed by atoms with van der Waals surface area (Å²) in [5, 5.41) is 5.41. The quantitative estimate of drug-likeness (QED) is 0.657. The Labute approximate surface area is 162 Å². The molecule has 1 amide bonds. The van der Waals surface area contributed by atoms with E-state index in [0.717, 1.165) is 21.8 Å². The van der Waals surface area contributed by atoms with Crippen LogP contribution in [-0.2, 0) is 21.2 Å². The van der Waals surface area contributed by atoms with E-state index in [4.69, 9.17) is 0 Å². The number of benzene rings is 1. The third-order valence-electron chi connectivity index (χ3n) is 3.94. The van der Waals surface area contributed by atoms with Crippen molar-refractivity contribution >= 4 is 27.1 Å².